The largest absolute Gasteiger partial charge is 0.465 e. The van der Waals surface area contributed by atoms with Crippen LogP contribution >= 0.6 is 23.1 Å². The molecule has 8 nitrogen and oxygen atoms in total. The number of benzene rings is 2. The Kier molecular flexibility index (Phi) is 8.18. The number of carbonyl (C=O) groups is 2. The predicted molar refractivity (Wildman–Crippen MR) is 125 cm³/mol. The minimum atomic E-state index is -0.484. The van der Waals surface area contributed by atoms with E-state index in [9.17, 15) is 19.7 Å². The van der Waals surface area contributed by atoms with Gasteiger partial charge in [-0.1, -0.05) is 29.0 Å². The first-order valence-electron chi connectivity index (χ1n) is 10.1. The number of thioether (sulfide) groups is 1. The van der Waals surface area contributed by atoms with Crippen LogP contribution in [0.15, 0.2) is 52.4 Å². The fraction of sp³-hybridized carbons (Fsp3) is 0.318. The molecule has 168 valence electrons. The lowest BCUT2D eigenvalue weighted by atomic mass is 10.2. The van der Waals surface area contributed by atoms with Gasteiger partial charge >= 0.3 is 5.97 Å². The van der Waals surface area contributed by atoms with E-state index in [-0.39, 0.29) is 31.2 Å². The molecule has 0 spiro atoms. The minimum Gasteiger partial charge on any atom is -0.465 e. The molecule has 0 aliphatic carbocycles. The van der Waals surface area contributed by atoms with Crippen molar-refractivity contribution < 1.29 is 19.2 Å². The quantitative estimate of drug-likeness (QED) is 0.149. The average molecular weight is 474 g/mol. The molecule has 0 N–H and O–H groups in total. The second-order valence-corrected chi connectivity index (χ2v) is 9.13. The lowest BCUT2D eigenvalue weighted by Crippen LogP contribution is -2.23. The van der Waals surface area contributed by atoms with Gasteiger partial charge < -0.3 is 9.30 Å². The summed E-state index contributed by atoms with van der Waals surface area (Å²) in [6, 6.07) is 12.6. The van der Waals surface area contributed by atoms with E-state index in [0.29, 0.717) is 21.4 Å². The van der Waals surface area contributed by atoms with Gasteiger partial charge in [0.1, 0.15) is 6.54 Å². The van der Waals surface area contributed by atoms with Gasteiger partial charge in [0.05, 0.1) is 21.7 Å². The van der Waals surface area contributed by atoms with Crippen molar-refractivity contribution in [2.24, 2.45) is 4.99 Å². The third kappa shape index (κ3) is 6.27. The molecule has 0 saturated heterocycles. The van der Waals surface area contributed by atoms with Crippen LogP contribution in [0.4, 0.5) is 5.69 Å². The Morgan fingerprint density at radius 2 is 1.97 bits per heavy atom. The summed E-state index contributed by atoms with van der Waals surface area (Å²) in [5, 5.41) is 11.1. The maximum absolute atomic E-state index is 12.5. The number of aromatic nitrogens is 1. The summed E-state index contributed by atoms with van der Waals surface area (Å²) in [6.07, 6.45) is 0.932. The van der Waals surface area contributed by atoms with Crippen LogP contribution in [-0.4, -0.2) is 33.7 Å². The summed E-state index contributed by atoms with van der Waals surface area (Å²) in [4.78, 5) is 40.8. The highest BCUT2D eigenvalue weighted by atomic mass is 32.2. The van der Waals surface area contributed by atoms with Crippen molar-refractivity contribution in [2.75, 3.05) is 12.4 Å². The number of nitrogens with zero attached hydrogens (tertiary/aromatic N) is 3. The monoisotopic (exact) mass is 473 g/mol. The lowest BCUT2D eigenvalue weighted by molar-refractivity contribution is -0.384. The Hall–Kier alpha value is -2.98. The van der Waals surface area contributed by atoms with Crippen molar-refractivity contribution in [3.05, 3.63) is 62.9 Å². The van der Waals surface area contributed by atoms with Crippen molar-refractivity contribution in [3.8, 4) is 0 Å². The van der Waals surface area contributed by atoms with Crippen molar-refractivity contribution in [1.29, 1.82) is 0 Å². The first kappa shape index (κ1) is 23.7. The zero-order valence-electron chi connectivity index (χ0n) is 17.8. The summed E-state index contributed by atoms with van der Waals surface area (Å²) in [6.45, 7) is 3.86. The highest BCUT2D eigenvalue weighted by molar-refractivity contribution is 7.99. The molecule has 0 fully saturated rings. The zero-order valence-corrected chi connectivity index (χ0v) is 19.4. The van der Waals surface area contributed by atoms with Crippen LogP contribution in [0.5, 0.6) is 0 Å². The Bertz CT molecular complexity index is 1200. The number of hydrogen-bond acceptors (Lipinski definition) is 7. The van der Waals surface area contributed by atoms with Gasteiger partial charge in [-0.25, -0.2) is 0 Å². The van der Waals surface area contributed by atoms with Crippen molar-refractivity contribution in [1.82, 2.24) is 4.57 Å². The molecule has 3 rings (SSSR count). The number of amides is 1. The van der Waals surface area contributed by atoms with E-state index in [2.05, 4.69) is 29.3 Å². The molecule has 1 aromatic heterocycles. The molecule has 0 radical (unpaired) electrons. The topological polar surface area (TPSA) is 104 Å². The van der Waals surface area contributed by atoms with Crippen LogP contribution in [0.1, 0.15) is 25.3 Å². The summed E-state index contributed by atoms with van der Waals surface area (Å²) >= 11 is 2.82. The number of esters is 1. The number of thiazole rings is 1. The molecule has 3 aromatic rings. The maximum Gasteiger partial charge on any atom is 0.326 e. The summed E-state index contributed by atoms with van der Waals surface area (Å²) in [5.41, 5.74) is 1.73. The number of hydrogen-bond donors (Lipinski definition) is 0. The smallest absolute Gasteiger partial charge is 0.326 e. The van der Waals surface area contributed by atoms with Crippen LogP contribution in [0, 0.1) is 17.0 Å². The molecule has 32 heavy (non-hydrogen) atoms. The first-order chi connectivity index (χ1) is 15.4. The van der Waals surface area contributed by atoms with Gasteiger partial charge in [0.15, 0.2) is 4.80 Å². The second kappa shape index (κ2) is 11.1. The summed E-state index contributed by atoms with van der Waals surface area (Å²) in [7, 11) is 0. The molecule has 1 amide bonds. The molecular weight excluding hydrogens is 450 g/mol. The fourth-order valence-electron chi connectivity index (χ4n) is 2.96. The third-order valence-electron chi connectivity index (χ3n) is 4.51. The number of nitro groups is 1. The van der Waals surface area contributed by atoms with Crippen molar-refractivity contribution >= 4 is 50.9 Å². The second-order valence-electron chi connectivity index (χ2n) is 6.96. The highest BCUT2D eigenvalue weighted by Crippen LogP contribution is 2.23. The predicted octanol–water partition coefficient (Wildman–Crippen LogP) is 4.48. The van der Waals surface area contributed by atoms with Gasteiger partial charge in [0.2, 0.25) is 5.91 Å². The Morgan fingerprint density at radius 1 is 1.22 bits per heavy atom. The number of aryl methyl sites for hydroxylation is 1. The number of ether oxygens (including phenoxy) is 1. The van der Waals surface area contributed by atoms with E-state index in [1.807, 2.05) is 6.92 Å². The SMILES string of the molecule is CCOC(=O)Cn1c(=NC(=O)CCCSc2ccc(C)cc2)sc2cc([N+](=O)[O-])ccc21. The van der Waals surface area contributed by atoms with E-state index in [1.165, 1.54) is 17.7 Å². The van der Waals surface area contributed by atoms with Crippen LogP contribution < -0.4 is 4.80 Å². The van der Waals surface area contributed by atoms with E-state index < -0.39 is 10.9 Å². The molecule has 1 heterocycles. The van der Waals surface area contributed by atoms with Crippen LogP contribution in [-0.2, 0) is 20.9 Å². The maximum atomic E-state index is 12.5. The summed E-state index contributed by atoms with van der Waals surface area (Å²) < 4.78 is 7.17. The molecule has 0 saturated carbocycles. The Balaban J connectivity index is 1.76. The molecule has 0 aliphatic rings. The fourth-order valence-corrected chi connectivity index (χ4v) is 4.89. The Labute approximate surface area is 193 Å². The van der Waals surface area contributed by atoms with Crippen molar-refractivity contribution in [2.45, 2.75) is 38.1 Å². The van der Waals surface area contributed by atoms with E-state index in [0.717, 1.165) is 22.0 Å². The highest BCUT2D eigenvalue weighted by Gasteiger charge is 2.15. The van der Waals surface area contributed by atoms with E-state index >= 15 is 0 Å². The van der Waals surface area contributed by atoms with Crippen LogP contribution in [0.2, 0.25) is 0 Å². The molecule has 0 aliphatic heterocycles. The van der Waals surface area contributed by atoms with Gasteiger partial charge in [0.25, 0.3) is 5.69 Å². The number of fused-ring (bicyclic) bond motifs is 1. The normalized spacial score (nSPS) is 11.6. The number of non-ortho nitro benzene ring substituents is 1. The van der Waals surface area contributed by atoms with Crippen LogP contribution in [0.25, 0.3) is 10.2 Å². The van der Waals surface area contributed by atoms with Crippen LogP contribution in [0.3, 0.4) is 0 Å². The van der Waals surface area contributed by atoms with E-state index in [1.54, 1.807) is 29.3 Å². The van der Waals surface area contributed by atoms with Gasteiger partial charge in [-0.2, -0.15) is 4.99 Å². The van der Waals surface area contributed by atoms with Gasteiger partial charge in [-0.15, -0.1) is 11.8 Å². The first-order valence-corrected chi connectivity index (χ1v) is 11.9. The van der Waals surface area contributed by atoms with Gasteiger partial charge in [-0.3, -0.25) is 19.7 Å². The average Bonchev–Trinajstić information content (AvgIpc) is 3.08. The molecule has 2 aromatic carbocycles. The third-order valence-corrected chi connectivity index (χ3v) is 6.65. The number of nitro benzene ring substituents is 1. The Morgan fingerprint density at radius 3 is 2.66 bits per heavy atom. The van der Waals surface area contributed by atoms with Gasteiger partial charge in [0, 0.05) is 23.4 Å². The van der Waals surface area contributed by atoms with Crippen molar-refractivity contribution in [3.63, 3.8) is 0 Å². The summed E-state index contributed by atoms with van der Waals surface area (Å²) in [5.74, 6) is 0.0216. The zero-order chi connectivity index (χ0) is 23.1. The minimum absolute atomic E-state index is 0.0620. The number of carbonyl (C=O) groups excluding carboxylic acids is 2. The molecule has 0 atom stereocenters. The molecule has 10 heteroatoms. The molecule has 0 bridgehead atoms. The molecular formula is C22H23N3O5S2. The van der Waals surface area contributed by atoms with E-state index in [4.69, 9.17) is 4.74 Å². The lowest BCUT2D eigenvalue weighted by Gasteiger charge is -2.05. The molecule has 0 unspecified atom stereocenters. The number of rotatable bonds is 9. The standard InChI is InChI=1S/C22H23N3O5S2/c1-3-30-21(27)14-24-18-11-8-16(25(28)29)13-19(18)32-22(24)23-20(26)5-4-12-31-17-9-6-15(2)7-10-17/h6-11,13H,3-5,12,14H2,1-2H3. The van der Waals surface area contributed by atoms with Gasteiger partial charge in [-0.05, 0) is 44.2 Å².